The smallest absolute Gasteiger partial charge is 0.276 e. The largest absolute Gasteiger partial charge is 0.461 e. The van der Waals surface area contributed by atoms with Gasteiger partial charge in [-0.25, -0.2) is 0 Å². The molecule has 0 aliphatic heterocycles. The molecule has 0 amide bonds. The number of hydrogen-bond donors (Lipinski definition) is 0. The number of alkyl halides is 3. The Morgan fingerprint density at radius 3 is 2.07 bits per heavy atom. The first-order valence-electron chi connectivity index (χ1n) is 4.17. The van der Waals surface area contributed by atoms with E-state index in [2.05, 4.69) is 0 Å². The Bertz CT molecular complexity index is 364. The SMILES string of the molecule is Cc1cccc(C)c1SC(=O)C(F)(F)F. The zero-order valence-corrected chi connectivity index (χ0v) is 9.00. The normalized spacial score (nSPS) is 11.5. The monoisotopic (exact) mass is 234 g/mol. The van der Waals surface area contributed by atoms with Crippen molar-refractivity contribution in [2.24, 2.45) is 0 Å². The van der Waals surface area contributed by atoms with E-state index in [1.54, 1.807) is 32.0 Å². The lowest BCUT2D eigenvalue weighted by molar-refractivity contribution is -0.160. The van der Waals surface area contributed by atoms with Crippen molar-refractivity contribution in [1.82, 2.24) is 0 Å². The number of thioether (sulfide) groups is 1. The summed E-state index contributed by atoms with van der Waals surface area (Å²) in [4.78, 5) is 11.2. The fourth-order valence-corrected chi connectivity index (χ4v) is 1.87. The first-order valence-corrected chi connectivity index (χ1v) is 4.99. The topological polar surface area (TPSA) is 17.1 Å². The maximum atomic E-state index is 12.0. The van der Waals surface area contributed by atoms with E-state index < -0.39 is 11.3 Å². The average molecular weight is 234 g/mol. The van der Waals surface area contributed by atoms with E-state index in [0.29, 0.717) is 16.0 Å². The lowest BCUT2D eigenvalue weighted by Crippen LogP contribution is -2.19. The van der Waals surface area contributed by atoms with Crippen molar-refractivity contribution in [3.05, 3.63) is 29.3 Å². The molecule has 82 valence electrons. The molecule has 5 heteroatoms. The zero-order chi connectivity index (χ0) is 11.6. The fraction of sp³-hybridized carbons (Fsp3) is 0.300. The number of halogens is 3. The van der Waals surface area contributed by atoms with Gasteiger partial charge in [-0.3, -0.25) is 4.79 Å². The molecule has 0 spiro atoms. The highest BCUT2D eigenvalue weighted by molar-refractivity contribution is 8.13. The minimum absolute atomic E-state index is 0.240. The maximum Gasteiger partial charge on any atom is 0.461 e. The van der Waals surface area contributed by atoms with E-state index in [1.807, 2.05) is 0 Å². The van der Waals surface area contributed by atoms with Crippen LogP contribution in [0, 0.1) is 13.8 Å². The number of benzene rings is 1. The van der Waals surface area contributed by atoms with E-state index in [0.717, 1.165) is 0 Å². The minimum Gasteiger partial charge on any atom is -0.276 e. The third kappa shape index (κ3) is 2.99. The Morgan fingerprint density at radius 2 is 1.67 bits per heavy atom. The fourth-order valence-electron chi connectivity index (χ4n) is 1.11. The summed E-state index contributed by atoms with van der Waals surface area (Å²) in [6, 6.07) is 5.10. The molecule has 0 radical (unpaired) electrons. The van der Waals surface area contributed by atoms with Crippen LogP contribution < -0.4 is 0 Å². The van der Waals surface area contributed by atoms with Crippen LogP contribution in [0.25, 0.3) is 0 Å². The molecule has 0 fully saturated rings. The molecule has 0 aromatic heterocycles. The second-order valence-corrected chi connectivity index (χ2v) is 4.09. The highest BCUT2D eigenvalue weighted by Gasteiger charge is 2.39. The van der Waals surface area contributed by atoms with Gasteiger partial charge in [-0.05, 0) is 36.7 Å². The third-order valence-corrected chi connectivity index (χ3v) is 3.10. The summed E-state index contributed by atoms with van der Waals surface area (Å²) in [5, 5.41) is -1.78. The summed E-state index contributed by atoms with van der Waals surface area (Å²) in [5.74, 6) is 0. The third-order valence-electron chi connectivity index (χ3n) is 1.83. The van der Waals surface area contributed by atoms with Crippen LogP contribution in [-0.4, -0.2) is 11.3 Å². The van der Waals surface area contributed by atoms with Gasteiger partial charge in [-0.2, -0.15) is 13.2 Å². The Hall–Kier alpha value is -0.970. The zero-order valence-electron chi connectivity index (χ0n) is 8.18. The van der Waals surface area contributed by atoms with Crippen LogP contribution in [0.3, 0.4) is 0 Å². The molecule has 0 saturated heterocycles. The van der Waals surface area contributed by atoms with Crippen molar-refractivity contribution in [3.8, 4) is 0 Å². The van der Waals surface area contributed by atoms with Crippen molar-refractivity contribution in [2.75, 3.05) is 0 Å². The Kier molecular flexibility index (Phi) is 3.44. The van der Waals surface area contributed by atoms with E-state index in [-0.39, 0.29) is 11.8 Å². The van der Waals surface area contributed by atoms with Crippen LogP contribution in [0.2, 0.25) is 0 Å². The molecule has 0 bridgehead atoms. The minimum atomic E-state index is -4.78. The predicted molar refractivity (Wildman–Crippen MR) is 52.8 cm³/mol. The van der Waals surface area contributed by atoms with Gasteiger partial charge in [0.05, 0.1) is 0 Å². The van der Waals surface area contributed by atoms with Gasteiger partial charge in [-0.1, -0.05) is 18.2 Å². The van der Waals surface area contributed by atoms with E-state index in [1.165, 1.54) is 0 Å². The molecular formula is C10H9F3OS. The molecule has 15 heavy (non-hydrogen) atoms. The van der Waals surface area contributed by atoms with Crippen LogP contribution >= 0.6 is 11.8 Å². The van der Waals surface area contributed by atoms with E-state index >= 15 is 0 Å². The van der Waals surface area contributed by atoms with Crippen molar-refractivity contribution < 1.29 is 18.0 Å². The number of aryl methyl sites for hydroxylation is 2. The van der Waals surface area contributed by atoms with Gasteiger partial charge in [0.1, 0.15) is 0 Å². The molecule has 0 unspecified atom stereocenters. The van der Waals surface area contributed by atoms with Gasteiger partial charge < -0.3 is 0 Å². The maximum absolute atomic E-state index is 12.0. The lowest BCUT2D eigenvalue weighted by Gasteiger charge is -2.09. The molecule has 0 aliphatic carbocycles. The molecule has 0 aliphatic rings. The van der Waals surface area contributed by atoms with Crippen LogP contribution in [0.1, 0.15) is 11.1 Å². The summed E-state index contributed by atoms with van der Waals surface area (Å²) >= 11 is 0.240. The molecule has 0 atom stereocenters. The van der Waals surface area contributed by atoms with Crippen molar-refractivity contribution >= 4 is 16.9 Å². The van der Waals surface area contributed by atoms with Crippen LogP contribution in [0.15, 0.2) is 23.1 Å². The second kappa shape index (κ2) is 4.26. The van der Waals surface area contributed by atoms with E-state index in [4.69, 9.17) is 0 Å². The van der Waals surface area contributed by atoms with Crippen LogP contribution in [0.5, 0.6) is 0 Å². The van der Waals surface area contributed by atoms with Crippen LogP contribution in [0.4, 0.5) is 13.2 Å². The van der Waals surface area contributed by atoms with Gasteiger partial charge >= 0.3 is 6.18 Å². The molecule has 0 saturated carbocycles. The lowest BCUT2D eigenvalue weighted by atomic mass is 10.2. The molecule has 1 aromatic carbocycles. The Morgan fingerprint density at radius 1 is 1.20 bits per heavy atom. The standard InChI is InChI=1S/C10H9F3OS/c1-6-4-3-5-7(2)8(6)15-9(14)10(11,12)13/h3-5H,1-2H3. The molecule has 1 aromatic rings. The average Bonchev–Trinajstić information content (AvgIpc) is 2.09. The quantitative estimate of drug-likeness (QED) is 0.692. The highest BCUT2D eigenvalue weighted by atomic mass is 32.2. The van der Waals surface area contributed by atoms with Gasteiger partial charge in [0, 0.05) is 4.90 Å². The number of rotatable bonds is 1. The van der Waals surface area contributed by atoms with Crippen LogP contribution in [-0.2, 0) is 4.79 Å². The molecular weight excluding hydrogens is 225 g/mol. The summed E-state index contributed by atoms with van der Waals surface area (Å²) in [6.45, 7) is 3.36. The number of hydrogen-bond acceptors (Lipinski definition) is 2. The van der Waals surface area contributed by atoms with Crippen molar-refractivity contribution in [1.29, 1.82) is 0 Å². The predicted octanol–water partition coefficient (Wildman–Crippen LogP) is 3.48. The van der Waals surface area contributed by atoms with E-state index in [9.17, 15) is 18.0 Å². The van der Waals surface area contributed by atoms with Gasteiger partial charge in [0.2, 0.25) is 0 Å². The van der Waals surface area contributed by atoms with Gasteiger partial charge in [0.15, 0.2) is 0 Å². The Labute approximate surface area is 89.7 Å². The highest BCUT2D eigenvalue weighted by Crippen LogP contribution is 2.32. The molecule has 0 N–H and O–H groups in total. The summed E-state index contributed by atoms with van der Waals surface area (Å²) in [7, 11) is 0. The number of carbonyl (C=O) groups excluding carboxylic acids is 1. The Balaban J connectivity index is 2.95. The summed E-state index contributed by atoms with van der Waals surface area (Å²) in [5.41, 5.74) is 1.36. The summed E-state index contributed by atoms with van der Waals surface area (Å²) < 4.78 is 36.1. The van der Waals surface area contributed by atoms with Crippen molar-refractivity contribution in [3.63, 3.8) is 0 Å². The molecule has 0 heterocycles. The molecule has 1 rings (SSSR count). The first kappa shape index (κ1) is 12.1. The second-order valence-electron chi connectivity index (χ2n) is 3.11. The first-order chi connectivity index (χ1) is 6.82. The molecule has 1 nitrogen and oxygen atoms in total. The number of carbonyl (C=O) groups is 1. The van der Waals surface area contributed by atoms with Gasteiger partial charge in [-0.15, -0.1) is 0 Å². The van der Waals surface area contributed by atoms with Crippen molar-refractivity contribution in [2.45, 2.75) is 24.9 Å². The summed E-state index contributed by atoms with van der Waals surface area (Å²) in [6.07, 6.45) is -4.78. The van der Waals surface area contributed by atoms with Gasteiger partial charge in [0.25, 0.3) is 5.12 Å².